The van der Waals surface area contributed by atoms with Gasteiger partial charge in [-0.05, 0) is 43.0 Å². The number of carbonyl (C=O) groups excluding carboxylic acids is 1. The normalized spacial score (nSPS) is 11.9. The minimum atomic E-state index is -0.218. The van der Waals surface area contributed by atoms with Crippen LogP contribution in [-0.2, 0) is 9.53 Å². The Morgan fingerprint density at radius 2 is 2.20 bits per heavy atom. The number of unbranched alkanes of at least 4 members (excludes halogenated alkanes) is 1. The first-order chi connectivity index (χ1) is 9.60. The molecule has 0 fully saturated rings. The van der Waals surface area contributed by atoms with Gasteiger partial charge in [-0.2, -0.15) is 0 Å². The number of rotatable bonds is 8. The summed E-state index contributed by atoms with van der Waals surface area (Å²) in [5.41, 5.74) is 0.711. The summed E-state index contributed by atoms with van der Waals surface area (Å²) in [6, 6.07) is 4.07. The van der Waals surface area contributed by atoms with E-state index in [0.717, 1.165) is 33.9 Å². The standard InChI is InChI=1S/C16H22O2S2/c1-5-7-9-14(12(3)16(17)18-6-2)20-13(4)15-10-8-11-19-15/h8,10-11H,4-7,9H2,1-3H3/b14-12+. The molecule has 1 aromatic heterocycles. The van der Waals surface area contributed by atoms with Crippen molar-refractivity contribution in [3.05, 3.63) is 39.4 Å². The molecule has 0 saturated carbocycles. The van der Waals surface area contributed by atoms with E-state index < -0.39 is 0 Å². The summed E-state index contributed by atoms with van der Waals surface area (Å²) in [5, 5.41) is 2.04. The number of hydrogen-bond acceptors (Lipinski definition) is 4. The van der Waals surface area contributed by atoms with Crippen molar-refractivity contribution in [3.63, 3.8) is 0 Å². The van der Waals surface area contributed by atoms with Gasteiger partial charge in [-0.25, -0.2) is 4.79 Å². The van der Waals surface area contributed by atoms with Crippen LogP contribution in [0.2, 0.25) is 0 Å². The van der Waals surface area contributed by atoms with E-state index in [2.05, 4.69) is 19.6 Å². The van der Waals surface area contributed by atoms with Gasteiger partial charge in [0.25, 0.3) is 0 Å². The number of thiophene rings is 1. The molecule has 0 N–H and O–H groups in total. The molecule has 0 amide bonds. The second kappa shape index (κ2) is 9.03. The van der Waals surface area contributed by atoms with Gasteiger partial charge in [-0.3, -0.25) is 0 Å². The van der Waals surface area contributed by atoms with E-state index in [4.69, 9.17) is 4.74 Å². The van der Waals surface area contributed by atoms with Crippen LogP contribution in [0.15, 0.2) is 34.6 Å². The lowest BCUT2D eigenvalue weighted by molar-refractivity contribution is -0.138. The fraction of sp³-hybridized carbons (Fsp3) is 0.438. The Bertz CT molecular complexity index is 473. The molecule has 0 spiro atoms. The SMILES string of the molecule is C=C(S/C(CCCC)=C(\C)C(=O)OCC)c1cccs1. The molecule has 1 aromatic rings. The predicted molar refractivity (Wildman–Crippen MR) is 89.8 cm³/mol. The largest absolute Gasteiger partial charge is 0.463 e. The van der Waals surface area contributed by atoms with E-state index in [1.165, 1.54) is 0 Å². The van der Waals surface area contributed by atoms with E-state index in [1.807, 2.05) is 25.3 Å². The molecule has 20 heavy (non-hydrogen) atoms. The highest BCUT2D eigenvalue weighted by molar-refractivity contribution is 8.11. The number of hydrogen-bond donors (Lipinski definition) is 0. The van der Waals surface area contributed by atoms with Crippen LogP contribution in [0.1, 0.15) is 44.9 Å². The van der Waals surface area contributed by atoms with Crippen LogP contribution in [0, 0.1) is 0 Å². The summed E-state index contributed by atoms with van der Waals surface area (Å²) >= 11 is 3.27. The van der Waals surface area contributed by atoms with Crippen molar-refractivity contribution < 1.29 is 9.53 Å². The van der Waals surface area contributed by atoms with Crippen LogP contribution in [0.3, 0.4) is 0 Å². The maximum atomic E-state index is 11.9. The fourth-order valence-corrected chi connectivity index (χ4v) is 3.45. The Balaban J connectivity index is 2.85. The summed E-state index contributed by atoms with van der Waals surface area (Å²) in [4.78, 5) is 15.1. The zero-order chi connectivity index (χ0) is 15.0. The van der Waals surface area contributed by atoms with Gasteiger partial charge in [0.05, 0.1) is 6.61 Å². The summed E-state index contributed by atoms with van der Waals surface area (Å²) in [6.45, 7) is 10.4. The molecule has 0 bridgehead atoms. The second-order valence-corrected chi connectivity index (χ2v) is 6.51. The van der Waals surface area contributed by atoms with Gasteiger partial charge in [0.15, 0.2) is 0 Å². The van der Waals surface area contributed by atoms with Crippen molar-refractivity contribution in [1.82, 2.24) is 0 Å². The molecular weight excluding hydrogens is 288 g/mol. The average molecular weight is 310 g/mol. The molecule has 0 aliphatic rings. The highest BCUT2D eigenvalue weighted by Crippen LogP contribution is 2.38. The predicted octanol–water partition coefficient (Wildman–Crippen LogP) is 5.48. The molecule has 110 valence electrons. The van der Waals surface area contributed by atoms with Crippen LogP contribution in [0.25, 0.3) is 4.91 Å². The molecule has 4 heteroatoms. The Kier molecular flexibility index (Phi) is 7.70. The third kappa shape index (κ3) is 5.17. The second-order valence-electron chi connectivity index (χ2n) is 4.37. The first-order valence-corrected chi connectivity index (χ1v) is 8.57. The molecule has 0 saturated heterocycles. The van der Waals surface area contributed by atoms with Crippen LogP contribution in [0.4, 0.5) is 0 Å². The monoisotopic (exact) mass is 310 g/mol. The number of esters is 1. The molecule has 1 heterocycles. The van der Waals surface area contributed by atoms with E-state index >= 15 is 0 Å². The van der Waals surface area contributed by atoms with Gasteiger partial charge < -0.3 is 4.74 Å². The van der Waals surface area contributed by atoms with Crippen molar-refractivity contribution >= 4 is 34.0 Å². The summed E-state index contributed by atoms with van der Waals surface area (Å²) in [5.74, 6) is -0.218. The van der Waals surface area contributed by atoms with Gasteiger partial charge in [-0.15, -0.1) is 11.3 Å². The number of ether oxygens (including phenoxy) is 1. The maximum absolute atomic E-state index is 11.9. The lowest BCUT2D eigenvalue weighted by Gasteiger charge is -2.12. The molecule has 0 radical (unpaired) electrons. The zero-order valence-electron chi connectivity index (χ0n) is 12.4. The topological polar surface area (TPSA) is 26.3 Å². The first-order valence-electron chi connectivity index (χ1n) is 6.87. The van der Waals surface area contributed by atoms with Crippen LogP contribution in [-0.4, -0.2) is 12.6 Å². The summed E-state index contributed by atoms with van der Waals surface area (Å²) in [7, 11) is 0. The van der Waals surface area contributed by atoms with Crippen LogP contribution >= 0.6 is 23.1 Å². The van der Waals surface area contributed by atoms with Gasteiger partial charge in [0, 0.05) is 15.4 Å². The molecule has 0 unspecified atom stereocenters. The third-order valence-corrected chi connectivity index (χ3v) is 5.08. The number of allylic oxidation sites excluding steroid dienone is 1. The van der Waals surface area contributed by atoms with Crippen molar-refractivity contribution in [2.24, 2.45) is 0 Å². The highest BCUT2D eigenvalue weighted by Gasteiger charge is 2.14. The fourth-order valence-electron chi connectivity index (χ4n) is 1.64. The van der Waals surface area contributed by atoms with Gasteiger partial charge in [0.1, 0.15) is 0 Å². The maximum Gasteiger partial charge on any atom is 0.334 e. The molecule has 0 aromatic carbocycles. The van der Waals surface area contributed by atoms with E-state index in [0.29, 0.717) is 12.2 Å². The molecule has 2 nitrogen and oxygen atoms in total. The Morgan fingerprint density at radius 3 is 2.75 bits per heavy atom. The molecule has 0 atom stereocenters. The highest BCUT2D eigenvalue weighted by atomic mass is 32.2. The van der Waals surface area contributed by atoms with E-state index in [9.17, 15) is 4.79 Å². The Labute approximate surface area is 129 Å². The lowest BCUT2D eigenvalue weighted by Crippen LogP contribution is -2.07. The molecule has 1 rings (SSSR count). The minimum Gasteiger partial charge on any atom is -0.463 e. The summed E-state index contributed by atoms with van der Waals surface area (Å²) < 4.78 is 5.10. The molecular formula is C16H22O2S2. The third-order valence-electron chi connectivity index (χ3n) is 2.80. The van der Waals surface area contributed by atoms with Gasteiger partial charge >= 0.3 is 5.97 Å². The van der Waals surface area contributed by atoms with E-state index in [-0.39, 0.29) is 5.97 Å². The Hall–Kier alpha value is -1.000. The van der Waals surface area contributed by atoms with Crippen molar-refractivity contribution in [1.29, 1.82) is 0 Å². The average Bonchev–Trinajstić information content (AvgIpc) is 2.96. The summed E-state index contributed by atoms with van der Waals surface area (Å²) in [6.07, 6.45) is 3.07. The zero-order valence-corrected chi connectivity index (χ0v) is 14.0. The van der Waals surface area contributed by atoms with Gasteiger partial charge in [0.2, 0.25) is 0 Å². The van der Waals surface area contributed by atoms with Crippen molar-refractivity contribution in [3.8, 4) is 0 Å². The number of carbonyl (C=O) groups is 1. The molecule has 0 aliphatic carbocycles. The first kappa shape index (κ1) is 17.1. The quantitative estimate of drug-likeness (QED) is 0.470. The van der Waals surface area contributed by atoms with Crippen molar-refractivity contribution in [2.75, 3.05) is 6.61 Å². The number of thioether (sulfide) groups is 1. The lowest BCUT2D eigenvalue weighted by atomic mass is 10.2. The van der Waals surface area contributed by atoms with Crippen LogP contribution in [0.5, 0.6) is 0 Å². The van der Waals surface area contributed by atoms with Crippen LogP contribution < -0.4 is 0 Å². The molecule has 0 aliphatic heterocycles. The van der Waals surface area contributed by atoms with E-state index in [1.54, 1.807) is 23.1 Å². The van der Waals surface area contributed by atoms with Gasteiger partial charge in [-0.1, -0.05) is 37.8 Å². The smallest absolute Gasteiger partial charge is 0.334 e. The Morgan fingerprint density at radius 1 is 1.45 bits per heavy atom. The minimum absolute atomic E-state index is 0.218. The van der Waals surface area contributed by atoms with Crippen molar-refractivity contribution in [2.45, 2.75) is 40.0 Å².